The third kappa shape index (κ3) is 1.76. The number of rotatable bonds is 1. The van der Waals surface area contributed by atoms with Crippen molar-refractivity contribution in [2.75, 3.05) is 20.7 Å². The molecule has 1 unspecified atom stereocenters. The SMILES string of the molecule is CN(C)C1COc2c(Br)ccc3[nH]cc(c23)C1. The Labute approximate surface area is 109 Å². The predicted molar refractivity (Wildman–Crippen MR) is 72.7 cm³/mol. The van der Waals surface area contributed by atoms with Crippen LogP contribution in [-0.4, -0.2) is 36.6 Å². The van der Waals surface area contributed by atoms with Crippen molar-refractivity contribution in [1.82, 2.24) is 9.88 Å². The largest absolute Gasteiger partial charge is 0.490 e. The topological polar surface area (TPSA) is 28.3 Å². The molecule has 90 valence electrons. The summed E-state index contributed by atoms with van der Waals surface area (Å²) < 4.78 is 7.01. The van der Waals surface area contributed by atoms with Gasteiger partial charge in [-0.1, -0.05) is 0 Å². The molecule has 1 N–H and O–H groups in total. The van der Waals surface area contributed by atoms with Crippen LogP contribution < -0.4 is 4.74 Å². The van der Waals surface area contributed by atoms with E-state index in [1.807, 2.05) is 6.07 Å². The van der Waals surface area contributed by atoms with Crippen LogP contribution in [0.4, 0.5) is 0 Å². The number of aromatic amines is 1. The van der Waals surface area contributed by atoms with Crippen LogP contribution in [0.15, 0.2) is 22.8 Å². The molecule has 0 fully saturated rings. The highest BCUT2D eigenvalue weighted by Gasteiger charge is 2.23. The molecule has 1 aromatic heterocycles. The molecule has 3 rings (SSSR count). The summed E-state index contributed by atoms with van der Waals surface area (Å²) in [6, 6.07) is 4.55. The third-order valence-electron chi connectivity index (χ3n) is 3.44. The second-order valence-corrected chi connectivity index (χ2v) is 5.60. The Hall–Kier alpha value is -1.00. The Balaban J connectivity index is 2.17. The molecule has 0 spiro atoms. The summed E-state index contributed by atoms with van der Waals surface area (Å²) in [5.74, 6) is 0.975. The molecule has 2 aromatic rings. The molecule has 0 amide bonds. The number of hydrogen-bond donors (Lipinski definition) is 1. The molecule has 4 heteroatoms. The first-order valence-electron chi connectivity index (χ1n) is 5.74. The Morgan fingerprint density at radius 2 is 2.24 bits per heavy atom. The summed E-state index contributed by atoms with van der Waals surface area (Å²) >= 11 is 3.57. The summed E-state index contributed by atoms with van der Waals surface area (Å²) in [6.07, 6.45) is 3.13. The average Bonchev–Trinajstić information content (AvgIpc) is 2.57. The van der Waals surface area contributed by atoms with Crippen LogP contribution in [-0.2, 0) is 6.42 Å². The molecule has 0 saturated carbocycles. The van der Waals surface area contributed by atoms with Gasteiger partial charge in [0.2, 0.25) is 0 Å². The molecule has 1 aliphatic heterocycles. The minimum atomic E-state index is 0.424. The summed E-state index contributed by atoms with van der Waals surface area (Å²) in [6.45, 7) is 0.736. The van der Waals surface area contributed by atoms with E-state index in [9.17, 15) is 0 Å². The molecule has 1 aliphatic rings. The number of likely N-dealkylation sites (N-methyl/N-ethyl adjacent to an activating group) is 1. The predicted octanol–water partition coefficient (Wildman–Crippen LogP) is 2.80. The van der Waals surface area contributed by atoms with Crippen molar-refractivity contribution in [3.8, 4) is 5.75 Å². The summed E-state index contributed by atoms with van der Waals surface area (Å²) in [4.78, 5) is 5.54. The van der Waals surface area contributed by atoms with E-state index >= 15 is 0 Å². The van der Waals surface area contributed by atoms with Gasteiger partial charge in [-0.25, -0.2) is 0 Å². The van der Waals surface area contributed by atoms with Gasteiger partial charge >= 0.3 is 0 Å². The van der Waals surface area contributed by atoms with Gasteiger partial charge in [-0.3, -0.25) is 0 Å². The van der Waals surface area contributed by atoms with Gasteiger partial charge in [-0.15, -0.1) is 0 Å². The summed E-state index contributed by atoms with van der Waals surface area (Å²) in [7, 11) is 4.20. The molecule has 2 heterocycles. The van der Waals surface area contributed by atoms with Crippen LogP contribution in [0.2, 0.25) is 0 Å². The van der Waals surface area contributed by atoms with Crippen molar-refractivity contribution in [3.63, 3.8) is 0 Å². The smallest absolute Gasteiger partial charge is 0.143 e. The highest BCUT2D eigenvalue weighted by atomic mass is 79.9. The monoisotopic (exact) mass is 294 g/mol. The maximum absolute atomic E-state index is 5.98. The number of halogens is 1. The van der Waals surface area contributed by atoms with Crippen LogP contribution in [0.25, 0.3) is 10.9 Å². The van der Waals surface area contributed by atoms with Gasteiger partial charge in [-0.05, 0) is 54.1 Å². The van der Waals surface area contributed by atoms with Crippen LogP contribution >= 0.6 is 15.9 Å². The van der Waals surface area contributed by atoms with Crippen LogP contribution in [0.1, 0.15) is 5.56 Å². The number of aromatic nitrogens is 1. The zero-order valence-electron chi connectivity index (χ0n) is 9.96. The number of benzene rings is 1. The molecule has 0 saturated heterocycles. The maximum atomic E-state index is 5.98. The van der Waals surface area contributed by atoms with Gasteiger partial charge in [-0.2, -0.15) is 0 Å². The zero-order chi connectivity index (χ0) is 12.0. The van der Waals surface area contributed by atoms with E-state index in [0.717, 1.165) is 28.8 Å². The first-order valence-corrected chi connectivity index (χ1v) is 6.54. The average molecular weight is 295 g/mol. The molecular weight excluding hydrogens is 280 g/mol. The van der Waals surface area contributed by atoms with Crippen molar-refractivity contribution < 1.29 is 4.74 Å². The Morgan fingerprint density at radius 1 is 1.41 bits per heavy atom. The van der Waals surface area contributed by atoms with Crippen LogP contribution in [0.3, 0.4) is 0 Å². The number of hydrogen-bond acceptors (Lipinski definition) is 2. The molecule has 3 nitrogen and oxygen atoms in total. The van der Waals surface area contributed by atoms with Gasteiger partial charge in [0.15, 0.2) is 0 Å². The van der Waals surface area contributed by atoms with Crippen molar-refractivity contribution >= 4 is 26.8 Å². The first kappa shape index (κ1) is 11.1. The third-order valence-corrected chi connectivity index (χ3v) is 4.06. The first-order chi connectivity index (χ1) is 8.16. The van der Waals surface area contributed by atoms with E-state index < -0.39 is 0 Å². The normalized spacial score (nSPS) is 19.4. The second-order valence-electron chi connectivity index (χ2n) is 4.75. The number of H-pyrrole nitrogens is 1. The quantitative estimate of drug-likeness (QED) is 0.876. The lowest BCUT2D eigenvalue weighted by Gasteiger charge is -2.22. The van der Waals surface area contributed by atoms with Gasteiger partial charge in [0, 0.05) is 23.1 Å². The van der Waals surface area contributed by atoms with Gasteiger partial charge in [0.05, 0.1) is 4.47 Å². The van der Waals surface area contributed by atoms with Crippen molar-refractivity contribution in [3.05, 3.63) is 28.4 Å². The molecule has 17 heavy (non-hydrogen) atoms. The second kappa shape index (κ2) is 4.03. The van der Waals surface area contributed by atoms with E-state index in [1.165, 1.54) is 10.9 Å². The van der Waals surface area contributed by atoms with Gasteiger partial charge in [0.25, 0.3) is 0 Å². The zero-order valence-corrected chi connectivity index (χ0v) is 11.5. The van der Waals surface area contributed by atoms with Crippen molar-refractivity contribution in [2.24, 2.45) is 0 Å². The minimum absolute atomic E-state index is 0.424. The maximum Gasteiger partial charge on any atom is 0.143 e. The molecule has 0 aliphatic carbocycles. The lowest BCUT2D eigenvalue weighted by molar-refractivity contribution is 0.189. The number of nitrogens with zero attached hydrogens (tertiary/aromatic N) is 1. The highest BCUT2D eigenvalue weighted by Crippen LogP contribution is 2.38. The van der Waals surface area contributed by atoms with E-state index in [0.29, 0.717) is 6.04 Å². The van der Waals surface area contributed by atoms with E-state index in [2.05, 4.69) is 52.2 Å². The van der Waals surface area contributed by atoms with Crippen LogP contribution in [0, 0.1) is 0 Å². The lowest BCUT2D eigenvalue weighted by atomic mass is 10.1. The number of ether oxygens (including phenoxy) is 1. The lowest BCUT2D eigenvalue weighted by Crippen LogP contribution is -2.34. The minimum Gasteiger partial charge on any atom is -0.490 e. The fraction of sp³-hybridized carbons (Fsp3) is 0.385. The standard InChI is InChI=1S/C13H15BrN2O/c1-16(2)9-5-8-6-15-11-4-3-10(14)13(12(8)11)17-7-9/h3-4,6,9,15H,5,7H2,1-2H3. The molecular formula is C13H15BrN2O. The van der Waals surface area contributed by atoms with Gasteiger partial charge < -0.3 is 14.6 Å². The van der Waals surface area contributed by atoms with E-state index in [1.54, 1.807) is 0 Å². The summed E-state index contributed by atoms with van der Waals surface area (Å²) in [5, 5.41) is 1.23. The van der Waals surface area contributed by atoms with Crippen LogP contribution in [0.5, 0.6) is 5.75 Å². The van der Waals surface area contributed by atoms with Gasteiger partial charge in [0.1, 0.15) is 12.4 Å². The van der Waals surface area contributed by atoms with E-state index in [-0.39, 0.29) is 0 Å². The Morgan fingerprint density at radius 3 is 3.00 bits per heavy atom. The van der Waals surface area contributed by atoms with Crippen molar-refractivity contribution in [2.45, 2.75) is 12.5 Å². The van der Waals surface area contributed by atoms with Crippen molar-refractivity contribution in [1.29, 1.82) is 0 Å². The van der Waals surface area contributed by atoms with E-state index in [4.69, 9.17) is 4.74 Å². The Kier molecular flexibility index (Phi) is 2.64. The fourth-order valence-corrected chi connectivity index (χ4v) is 2.80. The molecule has 0 bridgehead atoms. The molecule has 1 aromatic carbocycles. The fourth-order valence-electron chi connectivity index (χ4n) is 2.36. The highest BCUT2D eigenvalue weighted by molar-refractivity contribution is 9.10. The number of nitrogens with one attached hydrogen (secondary N) is 1. The molecule has 1 atom stereocenters. The molecule has 0 radical (unpaired) electrons. The Bertz CT molecular complexity index is 562. The summed E-state index contributed by atoms with van der Waals surface area (Å²) in [5.41, 5.74) is 2.49.